The Morgan fingerprint density at radius 2 is 2.30 bits per heavy atom. The van der Waals surface area contributed by atoms with Gasteiger partial charge >= 0.3 is 0 Å². The lowest BCUT2D eigenvalue weighted by Gasteiger charge is -2.32. The van der Waals surface area contributed by atoms with Gasteiger partial charge in [0.15, 0.2) is 5.11 Å². The maximum Gasteiger partial charge on any atom is 0.184 e. The maximum absolute atomic E-state index is 5.49. The molecule has 1 fully saturated rings. The van der Waals surface area contributed by atoms with Crippen molar-refractivity contribution < 1.29 is 0 Å². The van der Waals surface area contributed by atoms with E-state index in [0.717, 1.165) is 12.1 Å². The lowest BCUT2D eigenvalue weighted by Crippen LogP contribution is -2.42. The van der Waals surface area contributed by atoms with Crippen LogP contribution in [0.3, 0.4) is 0 Å². The average Bonchev–Trinajstić information content (AvgIpc) is 2.70. The Morgan fingerprint density at radius 3 is 3.05 bits per heavy atom. The van der Waals surface area contributed by atoms with Crippen LogP contribution < -0.4 is 16.1 Å². The van der Waals surface area contributed by atoms with Crippen molar-refractivity contribution in [2.45, 2.75) is 38.1 Å². The summed E-state index contributed by atoms with van der Waals surface area (Å²) in [7, 11) is 2.15. The number of hydrogen-bond acceptors (Lipinski definition) is 3. The summed E-state index contributed by atoms with van der Waals surface area (Å²) in [6, 6.07) is 7.06. The summed E-state index contributed by atoms with van der Waals surface area (Å²) >= 11 is 4.85. The van der Waals surface area contributed by atoms with Crippen LogP contribution in [-0.2, 0) is 0 Å². The molecule has 5 heteroatoms. The van der Waals surface area contributed by atoms with Crippen LogP contribution in [0.15, 0.2) is 23.3 Å². The SMILES string of the molecule is Cc1ccc2c(c1)C1CCCC(=NNC(N)=S)C1N2C. The van der Waals surface area contributed by atoms with Gasteiger partial charge < -0.3 is 10.6 Å². The number of hydrazone groups is 1. The predicted octanol–water partition coefficient (Wildman–Crippen LogP) is 2.27. The molecule has 0 aromatic heterocycles. The van der Waals surface area contributed by atoms with Crippen molar-refractivity contribution >= 4 is 28.7 Å². The summed E-state index contributed by atoms with van der Waals surface area (Å²) in [6.07, 6.45) is 3.39. The summed E-state index contributed by atoms with van der Waals surface area (Å²) in [4.78, 5) is 2.35. The first-order valence-corrected chi connectivity index (χ1v) is 7.44. The number of benzene rings is 1. The fourth-order valence-electron chi connectivity index (χ4n) is 3.55. The number of thiocarbonyl (C=S) groups is 1. The van der Waals surface area contributed by atoms with Crippen molar-refractivity contribution in [1.29, 1.82) is 0 Å². The molecule has 0 bridgehead atoms. The number of rotatable bonds is 1. The van der Waals surface area contributed by atoms with Gasteiger partial charge in [-0.1, -0.05) is 17.7 Å². The highest BCUT2D eigenvalue weighted by molar-refractivity contribution is 7.80. The molecule has 2 atom stereocenters. The molecule has 1 aliphatic heterocycles. The second-order valence-electron chi connectivity index (χ2n) is 5.70. The van der Waals surface area contributed by atoms with Crippen LogP contribution in [0.5, 0.6) is 0 Å². The van der Waals surface area contributed by atoms with Gasteiger partial charge in [-0.15, -0.1) is 0 Å². The normalized spacial score (nSPS) is 26.3. The number of fused-ring (bicyclic) bond motifs is 3. The molecule has 1 aliphatic carbocycles. The van der Waals surface area contributed by atoms with Crippen LogP contribution in [0.4, 0.5) is 5.69 Å². The van der Waals surface area contributed by atoms with Crippen LogP contribution in [0.2, 0.25) is 0 Å². The third-order valence-corrected chi connectivity index (χ3v) is 4.45. The number of nitrogens with two attached hydrogens (primary N) is 1. The van der Waals surface area contributed by atoms with E-state index in [4.69, 9.17) is 18.0 Å². The van der Waals surface area contributed by atoms with Gasteiger partial charge in [-0.2, -0.15) is 5.10 Å². The molecule has 0 saturated heterocycles. The summed E-state index contributed by atoms with van der Waals surface area (Å²) in [5.74, 6) is 0.538. The van der Waals surface area contributed by atoms with Gasteiger partial charge in [-0.05, 0) is 50.0 Å². The molecule has 3 rings (SSSR count). The maximum atomic E-state index is 5.49. The van der Waals surface area contributed by atoms with Gasteiger partial charge in [-0.3, -0.25) is 5.43 Å². The van der Waals surface area contributed by atoms with E-state index in [1.54, 1.807) is 0 Å². The monoisotopic (exact) mass is 288 g/mol. The number of likely N-dealkylation sites (N-methyl/N-ethyl adjacent to an activating group) is 1. The van der Waals surface area contributed by atoms with Crippen molar-refractivity contribution in [3.63, 3.8) is 0 Å². The Kier molecular flexibility index (Phi) is 3.38. The topological polar surface area (TPSA) is 53.6 Å². The summed E-state index contributed by atoms with van der Waals surface area (Å²) < 4.78 is 0. The minimum atomic E-state index is 0.230. The van der Waals surface area contributed by atoms with Gasteiger partial charge in [-0.25, -0.2) is 0 Å². The molecule has 1 saturated carbocycles. The standard InChI is InChI=1S/C15H20N4S/c1-9-6-7-13-11(8-9)10-4-3-5-12(14(10)19(13)2)17-18-15(16)20/h6-8,10,14H,3-5H2,1-2H3,(H3,16,18,20). The van der Waals surface area contributed by atoms with Gasteiger partial charge in [0.05, 0.1) is 11.8 Å². The van der Waals surface area contributed by atoms with Gasteiger partial charge in [0, 0.05) is 18.7 Å². The molecule has 3 N–H and O–H groups in total. The quantitative estimate of drug-likeness (QED) is 0.615. The Hall–Kier alpha value is -1.62. The highest BCUT2D eigenvalue weighted by Gasteiger charge is 2.41. The van der Waals surface area contributed by atoms with Crippen molar-refractivity contribution in [1.82, 2.24) is 5.43 Å². The van der Waals surface area contributed by atoms with E-state index in [1.807, 2.05) is 0 Å². The summed E-state index contributed by atoms with van der Waals surface area (Å²) in [5, 5.41) is 4.67. The van der Waals surface area contributed by atoms with Gasteiger partial charge in [0.1, 0.15) is 0 Å². The lowest BCUT2D eigenvalue weighted by molar-refractivity contribution is 0.535. The Bertz CT molecular complexity index is 581. The molecule has 0 spiro atoms. The van der Waals surface area contributed by atoms with Crippen molar-refractivity contribution in [3.8, 4) is 0 Å². The Balaban J connectivity index is 1.97. The Labute approximate surface area is 125 Å². The number of aryl methyl sites for hydroxylation is 1. The van der Waals surface area contributed by atoms with Gasteiger partial charge in [0.25, 0.3) is 0 Å². The van der Waals surface area contributed by atoms with Crippen LogP contribution >= 0.6 is 12.2 Å². The molecule has 0 radical (unpaired) electrons. The minimum absolute atomic E-state index is 0.230. The van der Waals surface area contributed by atoms with E-state index in [2.05, 4.69) is 47.6 Å². The second kappa shape index (κ2) is 5.05. The summed E-state index contributed by atoms with van der Waals surface area (Å²) in [5.41, 5.74) is 13.5. The molecule has 4 nitrogen and oxygen atoms in total. The largest absolute Gasteiger partial charge is 0.375 e. The highest BCUT2D eigenvalue weighted by atomic mass is 32.1. The van der Waals surface area contributed by atoms with Crippen LogP contribution in [-0.4, -0.2) is 23.9 Å². The van der Waals surface area contributed by atoms with Crippen LogP contribution in [0, 0.1) is 6.92 Å². The van der Waals surface area contributed by atoms with Crippen molar-refractivity contribution in [2.75, 3.05) is 11.9 Å². The lowest BCUT2D eigenvalue weighted by atomic mass is 9.81. The van der Waals surface area contributed by atoms with E-state index in [-0.39, 0.29) is 5.11 Å². The number of nitrogens with zero attached hydrogens (tertiary/aromatic N) is 2. The first-order chi connectivity index (χ1) is 9.58. The van der Waals surface area contributed by atoms with E-state index >= 15 is 0 Å². The third-order valence-electron chi connectivity index (χ3n) is 4.36. The summed E-state index contributed by atoms with van der Waals surface area (Å²) in [6.45, 7) is 2.15. The molecule has 0 amide bonds. The van der Waals surface area contributed by atoms with Crippen molar-refractivity contribution in [2.24, 2.45) is 10.8 Å². The average molecular weight is 288 g/mol. The van der Waals surface area contributed by atoms with Crippen LogP contribution in [0.25, 0.3) is 0 Å². The fraction of sp³-hybridized carbons (Fsp3) is 0.467. The molecular weight excluding hydrogens is 268 g/mol. The smallest absolute Gasteiger partial charge is 0.184 e. The zero-order valence-electron chi connectivity index (χ0n) is 11.9. The van der Waals surface area contributed by atoms with E-state index < -0.39 is 0 Å². The van der Waals surface area contributed by atoms with Crippen LogP contribution in [0.1, 0.15) is 36.3 Å². The first-order valence-electron chi connectivity index (χ1n) is 7.03. The third kappa shape index (κ3) is 2.16. The molecule has 1 aromatic carbocycles. The van der Waals surface area contributed by atoms with E-state index in [0.29, 0.717) is 12.0 Å². The number of anilines is 1. The molecular formula is C15H20N4S. The Morgan fingerprint density at radius 1 is 1.50 bits per heavy atom. The molecule has 1 aromatic rings. The van der Waals surface area contributed by atoms with E-state index in [9.17, 15) is 0 Å². The molecule has 20 heavy (non-hydrogen) atoms. The zero-order chi connectivity index (χ0) is 14.3. The van der Waals surface area contributed by atoms with Crippen molar-refractivity contribution in [3.05, 3.63) is 29.3 Å². The molecule has 106 valence electrons. The predicted molar refractivity (Wildman–Crippen MR) is 87.3 cm³/mol. The minimum Gasteiger partial charge on any atom is -0.375 e. The highest BCUT2D eigenvalue weighted by Crippen LogP contribution is 2.46. The van der Waals surface area contributed by atoms with E-state index in [1.165, 1.54) is 29.7 Å². The second-order valence-corrected chi connectivity index (χ2v) is 6.14. The number of nitrogens with one attached hydrogen (secondary N) is 1. The first kappa shape index (κ1) is 13.4. The fourth-order valence-corrected chi connectivity index (χ4v) is 3.60. The number of hydrogen-bond donors (Lipinski definition) is 2. The molecule has 2 unspecified atom stereocenters. The zero-order valence-corrected chi connectivity index (χ0v) is 12.7. The van der Waals surface area contributed by atoms with Gasteiger partial charge in [0.2, 0.25) is 0 Å². The molecule has 1 heterocycles. The molecule has 2 aliphatic rings.